The van der Waals surface area contributed by atoms with Gasteiger partial charge in [0.15, 0.2) is 0 Å². The van der Waals surface area contributed by atoms with E-state index in [1.54, 1.807) is 0 Å². The minimum absolute atomic E-state index is 0.00574. The molecular weight excluding hydrogens is 306 g/mol. The number of thiazole rings is 1. The number of hydrazone groups is 1. The lowest BCUT2D eigenvalue weighted by Gasteiger charge is -2.28. The maximum atomic E-state index is 11.8. The van der Waals surface area contributed by atoms with Crippen LogP contribution in [0.2, 0.25) is 0 Å². The number of anilines is 1. The first-order chi connectivity index (χ1) is 10.9. The van der Waals surface area contributed by atoms with E-state index in [0.717, 1.165) is 28.5 Å². The zero-order chi connectivity index (χ0) is 16.4. The van der Waals surface area contributed by atoms with E-state index in [0.29, 0.717) is 12.8 Å². The van der Waals surface area contributed by atoms with Crippen LogP contribution in [0, 0.1) is 12.3 Å². The molecular formula is C18H21N3OS. The molecule has 1 aliphatic rings. The third kappa shape index (κ3) is 4.05. The topological polar surface area (TPSA) is 54.4 Å². The summed E-state index contributed by atoms with van der Waals surface area (Å²) in [5.74, 6) is 0.265. The Labute approximate surface area is 140 Å². The maximum absolute atomic E-state index is 11.8. The normalized spacial score (nSPS) is 19.1. The van der Waals surface area contributed by atoms with Gasteiger partial charge >= 0.3 is 0 Å². The van der Waals surface area contributed by atoms with Crippen LogP contribution in [0.15, 0.2) is 34.7 Å². The van der Waals surface area contributed by atoms with Gasteiger partial charge in [-0.1, -0.05) is 43.7 Å². The standard InChI is InChI=1S/C18H21N3OS/c1-12-4-6-13(7-5-12)16-11-23-17(19-16)21-20-14-8-15(22)10-18(2,3)9-14/h4-7,11H,8-10H2,1-3H3,(H,19,21)/b20-14+. The summed E-state index contributed by atoms with van der Waals surface area (Å²) in [6.07, 6.45) is 1.94. The Kier molecular flexibility index (Phi) is 4.31. The summed E-state index contributed by atoms with van der Waals surface area (Å²) in [6, 6.07) is 8.31. The summed E-state index contributed by atoms with van der Waals surface area (Å²) in [5.41, 5.74) is 7.21. The fraction of sp³-hybridized carbons (Fsp3) is 0.389. The first kappa shape index (κ1) is 15.9. The molecule has 1 aromatic heterocycles. The van der Waals surface area contributed by atoms with Crippen molar-refractivity contribution in [3.05, 3.63) is 35.2 Å². The highest BCUT2D eigenvalue weighted by atomic mass is 32.1. The number of rotatable bonds is 3. The number of hydrogen-bond acceptors (Lipinski definition) is 5. The molecule has 0 saturated heterocycles. The number of nitrogens with zero attached hydrogens (tertiary/aromatic N) is 2. The highest BCUT2D eigenvalue weighted by Gasteiger charge is 2.30. The number of hydrogen-bond donors (Lipinski definition) is 1. The molecule has 0 unspecified atom stereocenters. The second-order valence-electron chi connectivity index (χ2n) is 6.93. The second-order valence-corrected chi connectivity index (χ2v) is 7.79. The summed E-state index contributed by atoms with van der Waals surface area (Å²) >= 11 is 1.52. The molecule has 3 rings (SSSR count). The average Bonchev–Trinajstić information content (AvgIpc) is 2.93. The van der Waals surface area contributed by atoms with Gasteiger partial charge in [-0.05, 0) is 18.8 Å². The Bertz CT molecular complexity index is 744. The molecule has 4 nitrogen and oxygen atoms in total. The number of benzene rings is 1. The lowest BCUT2D eigenvalue weighted by Crippen LogP contribution is -2.29. The average molecular weight is 327 g/mol. The molecule has 1 saturated carbocycles. The third-order valence-electron chi connectivity index (χ3n) is 3.92. The van der Waals surface area contributed by atoms with E-state index in [1.807, 2.05) is 5.38 Å². The van der Waals surface area contributed by atoms with Crippen LogP contribution in [0.5, 0.6) is 0 Å². The van der Waals surface area contributed by atoms with Gasteiger partial charge in [0.1, 0.15) is 5.78 Å². The van der Waals surface area contributed by atoms with Crippen molar-refractivity contribution in [2.75, 3.05) is 5.43 Å². The van der Waals surface area contributed by atoms with Crippen molar-refractivity contribution in [3.8, 4) is 11.3 Å². The Hall–Kier alpha value is -2.01. The molecule has 0 spiro atoms. The summed E-state index contributed by atoms with van der Waals surface area (Å²) in [6.45, 7) is 6.29. The molecule has 0 atom stereocenters. The summed E-state index contributed by atoms with van der Waals surface area (Å²) in [7, 11) is 0. The van der Waals surface area contributed by atoms with Crippen LogP contribution in [0.4, 0.5) is 5.13 Å². The lowest BCUT2D eigenvalue weighted by atomic mass is 9.76. The van der Waals surface area contributed by atoms with Gasteiger partial charge in [0, 0.05) is 29.5 Å². The van der Waals surface area contributed by atoms with Crippen LogP contribution < -0.4 is 5.43 Å². The van der Waals surface area contributed by atoms with Crippen LogP contribution in [0.25, 0.3) is 11.3 Å². The summed E-state index contributed by atoms with van der Waals surface area (Å²) in [4.78, 5) is 16.4. The number of aromatic nitrogens is 1. The Balaban J connectivity index is 1.71. The van der Waals surface area contributed by atoms with Gasteiger partial charge in [-0.2, -0.15) is 5.10 Å². The number of carbonyl (C=O) groups excluding carboxylic acids is 1. The second kappa shape index (κ2) is 6.24. The van der Waals surface area contributed by atoms with Gasteiger partial charge in [-0.25, -0.2) is 4.98 Å². The molecule has 1 aromatic carbocycles. The van der Waals surface area contributed by atoms with Gasteiger partial charge in [-0.3, -0.25) is 10.2 Å². The molecule has 1 N–H and O–H groups in total. The number of aryl methyl sites for hydroxylation is 1. The van der Waals surface area contributed by atoms with E-state index in [9.17, 15) is 4.79 Å². The van der Waals surface area contributed by atoms with E-state index >= 15 is 0 Å². The predicted molar refractivity (Wildman–Crippen MR) is 96.0 cm³/mol. The van der Waals surface area contributed by atoms with Crippen molar-refractivity contribution < 1.29 is 4.79 Å². The maximum Gasteiger partial charge on any atom is 0.203 e. The van der Waals surface area contributed by atoms with Crippen LogP contribution in [0.3, 0.4) is 0 Å². The minimum Gasteiger partial charge on any atom is -0.299 e. The monoisotopic (exact) mass is 327 g/mol. The van der Waals surface area contributed by atoms with Crippen LogP contribution in [-0.4, -0.2) is 16.5 Å². The number of nitrogens with one attached hydrogen (secondary N) is 1. The molecule has 23 heavy (non-hydrogen) atoms. The van der Waals surface area contributed by atoms with E-state index in [2.05, 4.69) is 60.5 Å². The lowest BCUT2D eigenvalue weighted by molar-refractivity contribution is -0.120. The molecule has 120 valence electrons. The number of ketones is 1. The van der Waals surface area contributed by atoms with E-state index in [1.165, 1.54) is 16.9 Å². The van der Waals surface area contributed by atoms with Crippen LogP contribution in [-0.2, 0) is 4.79 Å². The van der Waals surface area contributed by atoms with Crippen molar-refractivity contribution in [1.82, 2.24) is 4.98 Å². The summed E-state index contributed by atoms with van der Waals surface area (Å²) in [5, 5.41) is 7.18. The highest BCUT2D eigenvalue weighted by molar-refractivity contribution is 7.14. The van der Waals surface area contributed by atoms with Gasteiger partial charge in [0.05, 0.1) is 5.69 Å². The van der Waals surface area contributed by atoms with Crippen molar-refractivity contribution in [3.63, 3.8) is 0 Å². The zero-order valence-electron chi connectivity index (χ0n) is 13.7. The first-order valence-electron chi connectivity index (χ1n) is 7.77. The zero-order valence-corrected chi connectivity index (χ0v) is 14.5. The van der Waals surface area contributed by atoms with E-state index in [-0.39, 0.29) is 11.2 Å². The van der Waals surface area contributed by atoms with E-state index in [4.69, 9.17) is 0 Å². The highest BCUT2D eigenvalue weighted by Crippen LogP contribution is 2.32. The Morgan fingerprint density at radius 3 is 2.65 bits per heavy atom. The number of Topliss-reactive ketones (excluding diaryl/α,β-unsaturated/α-hetero) is 1. The fourth-order valence-electron chi connectivity index (χ4n) is 2.89. The molecule has 2 aromatic rings. The van der Waals surface area contributed by atoms with Crippen molar-refractivity contribution in [2.24, 2.45) is 10.5 Å². The molecule has 0 radical (unpaired) electrons. The third-order valence-corrected chi connectivity index (χ3v) is 4.67. The van der Waals surface area contributed by atoms with Gasteiger partial charge in [0.25, 0.3) is 0 Å². The Morgan fingerprint density at radius 2 is 1.96 bits per heavy atom. The molecule has 5 heteroatoms. The van der Waals surface area contributed by atoms with Crippen molar-refractivity contribution >= 4 is 28.0 Å². The first-order valence-corrected chi connectivity index (χ1v) is 8.65. The quantitative estimate of drug-likeness (QED) is 0.834. The molecule has 1 aliphatic carbocycles. The largest absolute Gasteiger partial charge is 0.299 e. The van der Waals surface area contributed by atoms with Crippen molar-refractivity contribution in [1.29, 1.82) is 0 Å². The van der Waals surface area contributed by atoms with E-state index < -0.39 is 0 Å². The van der Waals surface area contributed by atoms with Crippen LogP contribution in [0.1, 0.15) is 38.7 Å². The van der Waals surface area contributed by atoms with Gasteiger partial charge in [0.2, 0.25) is 5.13 Å². The van der Waals surface area contributed by atoms with Gasteiger partial charge in [-0.15, -0.1) is 11.3 Å². The number of carbonyl (C=O) groups is 1. The molecule has 0 amide bonds. The Morgan fingerprint density at radius 1 is 1.22 bits per heavy atom. The van der Waals surface area contributed by atoms with Crippen molar-refractivity contribution in [2.45, 2.75) is 40.0 Å². The molecule has 0 aliphatic heterocycles. The predicted octanol–water partition coefficient (Wildman–Crippen LogP) is 4.67. The minimum atomic E-state index is 0.00574. The fourth-order valence-corrected chi connectivity index (χ4v) is 3.55. The van der Waals surface area contributed by atoms with Gasteiger partial charge < -0.3 is 0 Å². The smallest absolute Gasteiger partial charge is 0.203 e. The SMILES string of the molecule is Cc1ccc(-c2csc(N/N=C3\CC(=O)CC(C)(C)C3)n2)cc1. The van der Waals surface area contributed by atoms with Crippen LogP contribution >= 0.6 is 11.3 Å². The molecule has 1 fully saturated rings. The summed E-state index contributed by atoms with van der Waals surface area (Å²) < 4.78 is 0. The molecule has 0 bridgehead atoms. The molecule has 1 heterocycles.